The summed E-state index contributed by atoms with van der Waals surface area (Å²) in [6.45, 7) is 8.01. The number of anilines is 1. The Labute approximate surface area is 288 Å². The van der Waals surface area contributed by atoms with Crippen molar-refractivity contribution in [1.82, 2.24) is 25.4 Å². The van der Waals surface area contributed by atoms with Gasteiger partial charge in [-0.1, -0.05) is 45.7 Å². The third kappa shape index (κ3) is 7.63. The Morgan fingerprint density at radius 3 is 2.50 bits per heavy atom. The number of pyridine rings is 1. The molecule has 1 aromatic carbocycles. The number of nitrogens with one attached hydrogen (secondary N) is 3. The number of halogens is 1. The highest BCUT2D eigenvalue weighted by Crippen LogP contribution is 2.35. The Kier molecular flexibility index (Phi) is 11.6. The molecule has 0 spiro atoms. The summed E-state index contributed by atoms with van der Waals surface area (Å²) in [4.78, 5) is 63.1. The number of carbonyl (C=O) groups is 4. The number of piperazine rings is 1. The molecule has 3 heterocycles. The lowest BCUT2D eigenvalue weighted by atomic mass is 9.82. The van der Waals surface area contributed by atoms with Crippen LogP contribution in [-0.4, -0.2) is 92.4 Å². The van der Waals surface area contributed by atoms with Crippen molar-refractivity contribution in [2.75, 3.05) is 38.5 Å². The van der Waals surface area contributed by atoms with Crippen molar-refractivity contribution >= 4 is 60.4 Å². The van der Waals surface area contributed by atoms with Crippen molar-refractivity contribution in [3.63, 3.8) is 0 Å². The maximum Gasteiger partial charge on any atom is 0.253 e. The second-order valence-electron chi connectivity index (χ2n) is 12.9. The van der Waals surface area contributed by atoms with Crippen LogP contribution in [0.4, 0.5) is 10.1 Å². The number of likely N-dealkylation sites (N-methyl/N-ethyl adjacent to an activating group) is 1. The minimum Gasteiger partial charge on any atom is -0.344 e. The average molecular weight is 693 g/mol. The van der Waals surface area contributed by atoms with Crippen molar-refractivity contribution in [2.24, 2.45) is 5.92 Å². The highest BCUT2D eigenvalue weighted by molar-refractivity contribution is 7.17. The minimum absolute atomic E-state index is 0.00615. The van der Waals surface area contributed by atoms with Crippen LogP contribution >= 0.6 is 11.3 Å². The molecule has 5 rings (SSSR count). The first kappa shape index (κ1) is 35.6. The average Bonchev–Trinajstić information content (AvgIpc) is 3.55. The molecule has 2 aromatic heterocycles. The maximum absolute atomic E-state index is 15.9. The first-order chi connectivity index (χ1) is 23.1. The molecule has 10 nitrogen and oxygen atoms in total. The van der Waals surface area contributed by atoms with Gasteiger partial charge in [0.1, 0.15) is 21.9 Å². The van der Waals surface area contributed by atoms with Crippen molar-refractivity contribution < 1.29 is 23.6 Å². The van der Waals surface area contributed by atoms with E-state index in [0.29, 0.717) is 24.2 Å². The number of hydrogen-bond donors (Lipinski definition) is 3. The molecule has 3 aromatic rings. The number of hydrogen-bond acceptors (Lipinski definition) is 7. The molecule has 4 amide bonds. The largest absolute Gasteiger partial charge is 0.344 e. The second kappa shape index (κ2) is 15.7. The zero-order valence-electron chi connectivity index (χ0n) is 28.1. The molecule has 13 heteroatoms. The summed E-state index contributed by atoms with van der Waals surface area (Å²) >= 11 is 1.38. The lowest BCUT2D eigenvalue weighted by Crippen LogP contribution is -2.65. The SMILES string of the molecule is CCC(=O)N[C@@H](C(=O)N1CCN(C)CC1)[C@@H](C)c1ccc(NC(=O)[C@@](NC(=O)c2csc3ncccc23)([Si]C)C2CCCCC2)c(F)c1. The van der Waals surface area contributed by atoms with Crippen LogP contribution in [0.5, 0.6) is 0 Å². The standard InChI is InChI=1S/C35H45FN6O4SSi/c1-5-29(43)39-30(33(45)42-18-16-41(3)17-19-42)22(2)23-13-14-28(27(36)20-23)38-34(46)35(48-4,24-10-7-6-8-11-24)40-31(44)26-21-47-32-25(26)12-9-15-37-32/h9,12-15,20-22,24,30H,5-8,10-11,16-19H2,1-4H3,(H,38,46)(H,39,43)(H,40,44)/t22-,30+,35-/m0/s1. The number of rotatable bonds is 11. The predicted octanol–water partition coefficient (Wildman–Crippen LogP) is 4.61. The first-order valence-electron chi connectivity index (χ1n) is 16.8. The Morgan fingerprint density at radius 2 is 1.83 bits per heavy atom. The molecule has 2 aliphatic rings. The Balaban J connectivity index is 1.38. The van der Waals surface area contributed by atoms with Gasteiger partial charge in [0.2, 0.25) is 17.7 Å². The van der Waals surface area contributed by atoms with E-state index in [9.17, 15) is 19.2 Å². The monoisotopic (exact) mass is 692 g/mol. The normalized spacial score (nSPS) is 18.5. The van der Waals surface area contributed by atoms with Gasteiger partial charge in [-0.05, 0) is 55.6 Å². The summed E-state index contributed by atoms with van der Waals surface area (Å²) in [5, 5.41) is 10.1. The van der Waals surface area contributed by atoms with Crippen LogP contribution < -0.4 is 16.0 Å². The van der Waals surface area contributed by atoms with Crippen LogP contribution in [-0.2, 0) is 14.4 Å². The fourth-order valence-electron chi connectivity index (χ4n) is 6.78. The van der Waals surface area contributed by atoms with E-state index < -0.39 is 28.8 Å². The molecule has 2 fully saturated rings. The van der Waals surface area contributed by atoms with Crippen LogP contribution in [0.3, 0.4) is 0 Å². The topological polar surface area (TPSA) is 124 Å². The molecule has 256 valence electrons. The molecule has 3 N–H and O–H groups in total. The summed E-state index contributed by atoms with van der Waals surface area (Å²) in [7, 11) is 2.02. The smallest absolute Gasteiger partial charge is 0.253 e. The number of fused-ring (bicyclic) bond motifs is 1. The molecule has 3 atom stereocenters. The summed E-state index contributed by atoms with van der Waals surface area (Å²) in [6, 6.07) is 7.28. The van der Waals surface area contributed by atoms with E-state index in [-0.39, 0.29) is 45.3 Å². The van der Waals surface area contributed by atoms with Crippen molar-refractivity contribution in [2.45, 2.75) is 76.0 Å². The summed E-state index contributed by atoms with van der Waals surface area (Å²) < 4.78 is 15.9. The van der Waals surface area contributed by atoms with Crippen molar-refractivity contribution in [1.29, 1.82) is 0 Å². The van der Waals surface area contributed by atoms with Crippen molar-refractivity contribution in [3.8, 4) is 0 Å². The maximum atomic E-state index is 15.9. The van der Waals surface area contributed by atoms with Gasteiger partial charge >= 0.3 is 0 Å². The van der Waals surface area contributed by atoms with Gasteiger partial charge in [0.25, 0.3) is 5.91 Å². The van der Waals surface area contributed by atoms with E-state index in [2.05, 4.69) is 25.8 Å². The molecular formula is C35H45FN6O4SSi. The molecule has 2 radical (unpaired) electrons. The van der Waals surface area contributed by atoms with Gasteiger partial charge in [0.15, 0.2) is 0 Å². The second-order valence-corrected chi connectivity index (χ2v) is 15.0. The van der Waals surface area contributed by atoms with Crippen LogP contribution in [0.1, 0.15) is 74.2 Å². The quantitative estimate of drug-likeness (QED) is 0.253. The number of amides is 4. The van der Waals surface area contributed by atoms with Crippen LogP contribution in [0.2, 0.25) is 6.55 Å². The van der Waals surface area contributed by atoms with Gasteiger partial charge in [0.05, 0.1) is 20.8 Å². The van der Waals surface area contributed by atoms with E-state index in [1.807, 2.05) is 19.7 Å². The number of thiophene rings is 1. The number of benzene rings is 1. The number of carbonyl (C=O) groups excluding carboxylic acids is 4. The molecule has 1 saturated heterocycles. The predicted molar refractivity (Wildman–Crippen MR) is 188 cm³/mol. The van der Waals surface area contributed by atoms with E-state index in [1.54, 1.807) is 42.5 Å². The van der Waals surface area contributed by atoms with E-state index >= 15 is 4.39 Å². The Hall–Kier alpha value is -3.68. The van der Waals surface area contributed by atoms with Crippen molar-refractivity contribution in [3.05, 3.63) is 58.9 Å². The van der Waals surface area contributed by atoms with Gasteiger partial charge < -0.3 is 25.8 Å². The van der Waals surface area contributed by atoms with Gasteiger partial charge in [-0.15, -0.1) is 11.3 Å². The van der Waals surface area contributed by atoms with E-state index in [1.165, 1.54) is 23.5 Å². The van der Waals surface area contributed by atoms with Crippen LogP contribution in [0.15, 0.2) is 41.9 Å². The number of aromatic nitrogens is 1. The molecule has 1 aliphatic carbocycles. The fraction of sp³-hybridized carbons (Fsp3) is 0.514. The molecule has 1 saturated carbocycles. The molecule has 48 heavy (non-hydrogen) atoms. The number of nitrogens with zero attached hydrogens (tertiary/aromatic N) is 3. The first-order valence-corrected chi connectivity index (χ1v) is 19.2. The highest BCUT2D eigenvalue weighted by Gasteiger charge is 2.46. The Morgan fingerprint density at radius 1 is 1.10 bits per heavy atom. The molecular weight excluding hydrogens is 648 g/mol. The van der Waals surface area contributed by atoms with Gasteiger partial charge in [-0.2, -0.15) is 0 Å². The third-order valence-electron chi connectivity index (χ3n) is 9.86. The lowest BCUT2D eigenvalue weighted by Gasteiger charge is -2.41. The molecule has 1 aliphatic heterocycles. The van der Waals surface area contributed by atoms with Gasteiger partial charge in [0, 0.05) is 55.5 Å². The minimum atomic E-state index is -1.23. The van der Waals surface area contributed by atoms with Gasteiger partial charge in [-0.25, -0.2) is 9.37 Å². The summed E-state index contributed by atoms with van der Waals surface area (Å²) in [6.07, 6.45) is 6.44. The van der Waals surface area contributed by atoms with Crippen LogP contribution in [0.25, 0.3) is 10.2 Å². The third-order valence-corrected chi connectivity index (χ3v) is 12.3. The Bertz CT molecular complexity index is 1640. The summed E-state index contributed by atoms with van der Waals surface area (Å²) in [5.41, 5.74) is 0.986. The molecule has 0 bridgehead atoms. The highest BCUT2D eigenvalue weighted by atomic mass is 32.1. The van der Waals surface area contributed by atoms with E-state index in [4.69, 9.17) is 0 Å². The zero-order chi connectivity index (χ0) is 34.4. The van der Waals surface area contributed by atoms with E-state index in [0.717, 1.165) is 55.4 Å². The zero-order valence-corrected chi connectivity index (χ0v) is 29.9. The molecule has 0 unspecified atom stereocenters. The van der Waals surface area contributed by atoms with Crippen LogP contribution in [0, 0.1) is 11.7 Å². The fourth-order valence-corrected chi connectivity index (χ4v) is 8.89. The van der Waals surface area contributed by atoms with Gasteiger partial charge in [-0.3, -0.25) is 19.2 Å². The summed E-state index contributed by atoms with van der Waals surface area (Å²) in [5.74, 6) is -2.53. The lowest BCUT2D eigenvalue weighted by molar-refractivity contribution is -0.138.